The van der Waals surface area contributed by atoms with E-state index in [0.29, 0.717) is 13.1 Å². The van der Waals surface area contributed by atoms with Crippen LogP contribution in [0.25, 0.3) is 0 Å². The Hall–Kier alpha value is -2.13. The van der Waals surface area contributed by atoms with Crippen molar-refractivity contribution in [2.75, 3.05) is 32.8 Å². The van der Waals surface area contributed by atoms with Crippen LogP contribution in [0.1, 0.15) is 19.8 Å². The molecule has 1 aliphatic heterocycles. The van der Waals surface area contributed by atoms with Gasteiger partial charge in [-0.1, -0.05) is 23.2 Å². The Labute approximate surface area is 201 Å². The molecule has 1 heterocycles. The number of hydrogen-bond acceptors (Lipinski definition) is 5. The molecule has 2 N–H and O–H groups in total. The summed E-state index contributed by atoms with van der Waals surface area (Å²) in [5.41, 5.74) is -0.510. The zero-order valence-corrected chi connectivity index (χ0v) is 19.6. The van der Waals surface area contributed by atoms with Crippen LogP contribution >= 0.6 is 23.2 Å². The van der Waals surface area contributed by atoms with Crippen molar-refractivity contribution in [3.05, 3.63) is 58.1 Å². The van der Waals surface area contributed by atoms with E-state index in [1.165, 1.54) is 30.3 Å². The zero-order valence-electron chi connectivity index (χ0n) is 18.1. The number of carbonyl (C=O) groups is 1. The summed E-state index contributed by atoms with van der Waals surface area (Å²) in [5.74, 6) is -1.04. The number of carbonyl (C=O) groups excluding carboxylic acids is 1. The number of aliphatic hydroxyl groups excluding tert-OH is 1. The van der Waals surface area contributed by atoms with Crippen molar-refractivity contribution >= 4 is 29.1 Å². The van der Waals surface area contributed by atoms with Crippen LogP contribution in [0.15, 0.2) is 36.4 Å². The van der Waals surface area contributed by atoms with Gasteiger partial charge in [0.1, 0.15) is 35.8 Å². The molecule has 1 amide bonds. The maximum absolute atomic E-state index is 13.5. The van der Waals surface area contributed by atoms with Crippen molar-refractivity contribution in [2.24, 2.45) is 0 Å². The molecule has 1 saturated heterocycles. The van der Waals surface area contributed by atoms with Crippen LogP contribution in [-0.2, 0) is 4.79 Å². The summed E-state index contributed by atoms with van der Waals surface area (Å²) in [6.45, 7) is 3.29. The Morgan fingerprint density at radius 2 is 1.76 bits per heavy atom. The van der Waals surface area contributed by atoms with E-state index in [0.717, 1.165) is 25.5 Å². The molecular formula is C23H26Cl2F2N2O4. The summed E-state index contributed by atoms with van der Waals surface area (Å²) in [5, 5.41) is 13.3. The van der Waals surface area contributed by atoms with Crippen LogP contribution in [-0.4, -0.2) is 60.4 Å². The van der Waals surface area contributed by atoms with Gasteiger partial charge >= 0.3 is 0 Å². The standard InChI is InChI=1S/C23H26Cl2F2N2O4/c1-23(28-22(31)13-33-17-4-6-19(25)21(27)10-17)7-2-8-29(14-23)11-15(30)12-32-16-3-5-18(24)20(26)9-16/h3-6,9-10,15,30H,2,7-8,11-14H2,1H3,(H,28,31). The molecule has 1 fully saturated rings. The smallest absolute Gasteiger partial charge is 0.258 e. The van der Waals surface area contributed by atoms with Gasteiger partial charge in [-0.3, -0.25) is 9.69 Å². The predicted molar refractivity (Wildman–Crippen MR) is 122 cm³/mol. The lowest BCUT2D eigenvalue weighted by Gasteiger charge is -2.41. The van der Waals surface area contributed by atoms with Gasteiger partial charge in [0, 0.05) is 25.2 Å². The quantitative estimate of drug-likeness (QED) is 0.540. The summed E-state index contributed by atoms with van der Waals surface area (Å²) in [6.07, 6.45) is 0.794. The molecule has 0 spiro atoms. The average Bonchev–Trinajstić information content (AvgIpc) is 2.75. The van der Waals surface area contributed by atoms with Gasteiger partial charge in [-0.05, 0) is 50.6 Å². The third-order valence-corrected chi connectivity index (χ3v) is 5.89. The molecule has 33 heavy (non-hydrogen) atoms. The highest BCUT2D eigenvalue weighted by molar-refractivity contribution is 6.31. The number of amides is 1. The summed E-state index contributed by atoms with van der Waals surface area (Å²) in [4.78, 5) is 14.4. The van der Waals surface area contributed by atoms with Crippen LogP contribution in [0, 0.1) is 11.6 Å². The van der Waals surface area contributed by atoms with Crippen molar-refractivity contribution in [1.29, 1.82) is 0 Å². The van der Waals surface area contributed by atoms with Crippen LogP contribution in [0.2, 0.25) is 10.0 Å². The molecule has 2 unspecified atom stereocenters. The maximum Gasteiger partial charge on any atom is 0.258 e. The molecule has 0 aliphatic carbocycles. The fraction of sp³-hybridized carbons (Fsp3) is 0.435. The van der Waals surface area contributed by atoms with E-state index in [2.05, 4.69) is 5.32 Å². The number of likely N-dealkylation sites (tertiary alicyclic amines) is 1. The SMILES string of the molecule is CC1(NC(=O)COc2ccc(Cl)c(F)c2)CCCN(CC(O)COc2ccc(Cl)c(F)c2)C1. The van der Waals surface area contributed by atoms with E-state index in [9.17, 15) is 18.7 Å². The van der Waals surface area contributed by atoms with Gasteiger partial charge in [-0.15, -0.1) is 0 Å². The van der Waals surface area contributed by atoms with Gasteiger partial charge in [0.05, 0.1) is 15.6 Å². The second kappa shape index (κ2) is 11.3. The van der Waals surface area contributed by atoms with Crippen LogP contribution < -0.4 is 14.8 Å². The first-order valence-electron chi connectivity index (χ1n) is 10.5. The minimum absolute atomic E-state index is 0.00303. The Balaban J connectivity index is 1.45. The van der Waals surface area contributed by atoms with Gasteiger partial charge < -0.3 is 19.9 Å². The molecule has 2 aromatic carbocycles. The average molecular weight is 503 g/mol. The van der Waals surface area contributed by atoms with Gasteiger partial charge in [0.25, 0.3) is 5.91 Å². The molecule has 3 rings (SSSR count). The van der Waals surface area contributed by atoms with Crippen molar-refractivity contribution < 1.29 is 28.2 Å². The van der Waals surface area contributed by atoms with Crippen LogP contribution in [0.3, 0.4) is 0 Å². The number of ether oxygens (including phenoxy) is 2. The second-order valence-electron chi connectivity index (χ2n) is 8.35. The number of nitrogens with one attached hydrogen (secondary N) is 1. The van der Waals surface area contributed by atoms with Gasteiger partial charge in [-0.25, -0.2) is 8.78 Å². The fourth-order valence-corrected chi connectivity index (χ4v) is 4.04. The fourth-order valence-electron chi connectivity index (χ4n) is 3.80. The molecule has 10 heteroatoms. The van der Waals surface area contributed by atoms with Gasteiger partial charge in [-0.2, -0.15) is 0 Å². The number of halogens is 4. The lowest BCUT2D eigenvalue weighted by atomic mass is 9.90. The van der Waals surface area contributed by atoms with Gasteiger partial charge in [0.15, 0.2) is 6.61 Å². The van der Waals surface area contributed by atoms with E-state index in [1.54, 1.807) is 0 Å². The molecule has 2 aromatic rings. The Kier molecular flexibility index (Phi) is 8.75. The van der Waals surface area contributed by atoms with Crippen molar-refractivity contribution in [3.63, 3.8) is 0 Å². The monoisotopic (exact) mass is 502 g/mol. The number of aliphatic hydroxyl groups is 1. The highest BCUT2D eigenvalue weighted by Crippen LogP contribution is 2.23. The summed E-state index contributed by atoms with van der Waals surface area (Å²) in [6, 6.07) is 8.08. The third-order valence-electron chi connectivity index (χ3n) is 5.28. The van der Waals surface area contributed by atoms with Crippen molar-refractivity contribution in [2.45, 2.75) is 31.4 Å². The lowest BCUT2D eigenvalue weighted by molar-refractivity contribution is -0.125. The summed E-state index contributed by atoms with van der Waals surface area (Å²) >= 11 is 11.3. The molecule has 2 atom stereocenters. The van der Waals surface area contributed by atoms with E-state index in [1.807, 2.05) is 11.8 Å². The number of nitrogens with zero attached hydrogens (tertiary/aromatic N) is 1. The molecule has 0 aromatic heterocycles. The number of benzene rings is 2. The minimum Gasteiger partial charge on any atom is -0.491 e. The van der Waals surface area contributed by atoms with Gasteiger partial charge in [0.2, 0.25) is 0 Å². The topological polar surface area (TPSA) is 71.0 Å². The Morgan fingerprint density at radius 1 is 1.15 bits per heavy atom. The molecule has 1 aliphatic rings. The summed E-state index contributed by atoms with van der Waals surface area (Å²) in [7, 11) is 0. The van der Waals surface area contributed by atoms with E-state index in [4.69, 9.17) is 32.7 Å². The molecule has 0 radical (unpaired) electrons. The zero-order chi connectivity index (χ0) is 24.0. The lowest BCUT2D eigenvalue weighted by Crippen LogP contribution is -2.58. The Bertz CT molecular complexity index is 981. The molecule has 0 bridgehead atoms. The molecule has 0 saturated carbocycles. The number of rotatable bonds is 9. The van der Waals surface area contributed by atoms with E-state index < -0.39 is 23.3 Å². The summed E-state index contributed by atoms with van der Waals surface area (Å²) < 4.78 is 37.8. The number of hydrogen-bond donors (Lipinski definition) is 2. The number of piperidine rings is 1. The largest absolute Gasteiger partial charge is 0.491 e. The molecule has 180 valence electrons. The Morgan fingerprint density at radius 3 is 2.36 bits per heavy atom. The third kappa shape index (κ3) is 7.71. The van der Waals surface area contributed by atoms with E-state index >= 15 is 0 Å². The number of β-amino-alcohol motifs (C(OH)–C–C–N with tert-alkyl or cyclic N) is 1. The normalized spacial score (nSPS) is 19.7. The molecule has 6 nitrogen and oxygen atoms in total. The minimum atomic E-state index is -0.801. The van der Waals surface area contributed by atoms with Crippen LogP contribution in [0.5, 0.6) is 11.5 Å². The highest BCUT2D eigenvalue weighted by atomic mass is 35.5. The second-order valence-corrected chi connectivity index (χ2v) is 9.17. The first kappa shape index (κ1) is 25.5. The van der Waals surface area contributed by atoms with Crippen molar-refractivity contribution in [3.8, 4) is 11.5 Å². The highest BCUT2D eigenvalue weighted by Gasteiger charge is 2.33. The maximum atomic E-state index is 13.5. The van der Waals surface area contributed by atoms with Crippen molar-refractivity contribution in [1.82, 2.24) is 10.2 Å². The first-order chi connectivity index (χ1) is 15.6. The van der Waals surface area contributed by atoms with E-state index in [-0.39, 0.29) is 40.7 Å². The predicted octanol–water partition coefficient (Wildman–Crippen LogP) is 4.06. The molecular weight excluding hydrogens is 477 g/mol. The van der Waals surface area contributed by atoms with Crippen LogP contribution in [0.4, 0.5) is 8.78 Å². The first-order valence-corrected chi connectivity index (χ1v) is 11.3.